The molecule has 0 fully saturated rings. The summed E-state index contributed by atoms with van der Waals surface area (Å²) in [5.74, 6) is 0. The van der Waals surface area contributed by atoms with Crippen LogP contribution in [0.15, 0.2) is 11.4 Å². The van der Waals surface area contributed by atoms with Gasteiger partial charge in [0.25, 0.3) is 0 Å². The van der Waals surface area contributed by atoms with Crippen molar-refractivity contribution in [2.75, 3.05) is 19.6 Å². The predicted octanol–water partition coefficient (Wildman–Crippen LogP) is 2.05. The first-order valence-electron chi connectivity index (χ1n) is 4.47. The van der Waals surface area contributed by atoms with Crippen LogP contribution in [0.5, 0.6) is 0 Å². The fraction of sp³-hybridized carbons (Fsp3) is 0.556. The monoisotopic (exact) mass is 310 g/mol. The molecule has 0 aliphatic rings. The smallest absolute Gasteiger partial charge is 0.0656 e. The van der Waals surface area contributed by atoms with E-state index < -0.39 is 0 Å². The predicted molar refractivity (Wildman–Crippen MR) is 67.3 cm³/mol. The third kappa shape index (κ3) is 4.95. The van der Waals surface area contributed by atoms with Gasteiger partial charge in [-0.05, 0) is 46.1 Å². The number of hydrogen-bond acceptors (Lipinski definition) is 3. The molecule has 1 aromatic heterocycles. The summed E-state index contributed by atoms with van der Waals surface area (Å²) in [4.78, 5) is 0. The zero-order chi connectivity index (χ0) is 9.52. The summed E-state index contributed by atoms with van der Waals surface area (Å²) in [6.45, 7) is 6.27. The van der Waals surface area contributed by atoms with E-state index >= 15 is 0 Å². The number of thiophene rings is 1. The first-order chi connectivity index (χ1) is 6.33. The molecule has 0 spiro atoms. The Morgan fingerprint density at radius 3 is 2.77 bits per heavy atom. The van der Waals surface area contributed by atoms with Gasteiger partial charge in [-0.1, -0.05) is 6.92 Å². The molecule has 0 saturated carbocycles. The van der Waals surface area contributed by atoms with Crippen molar-refractivity contribution in [3.63, 3.8) is 0 Å². The number of halogens is 1. The molecule has 1 aromatic rings. The van der Waals surface area contributed by atoms with Crippen molar-refractivity contribution in [1.29, 1.82) is 0 Å². The fourth-order valence-corrected chi connectivity index (χ4v) is 2.44. The van der Waals surface area contributed by atoms with Crippen LogP contribution in [0.2, 0.25) is 0 Å². The summed E-state index contributed by atoms with van der Waals surface area (Å²) in [7, 11) is 0. The van der Waals surface area contributed by atoms with E-state index in [9.17, 15) is 0 Å². The highest BCUT2D eigenvalue weighted by atomic mass is 127. The highest BCUT2D eigenvalue weighted by Crippen LogP contribution is 2.15. The van der Waals surface area contributed by atoms with Crippen molar-refractivity contribution in [1.82, 2.24) is 10.6 Å². The second-order valence-corrected chi connectivity index (χ2v) is 5.59. The molecule has 0 saturated heterocycles. The van der Waals surface area contributed by atoms with E-state index in [1.165, 1.54) is 8.45 Å². The summed E-state index contributed by atoms with van der Waals surface area (Å²) in [6, 6.07) is 2.23. The van der Waals surface area contributed by atoms with Gasteiger partial charge < -0.3 is 10.6 Å². The van der Waals surface area contributed by atoms with E-state index in [-0.39, 0.29) is 0 Å². The Bertz CT molecular complexity index is 237. The lowest BCUT2D eigenvalue weighted by Crippen LogP contribution is -2.26. The molecular weight excluding hydrogens is 295 g/mol. The molecule has 0 atom stereocenters. The van der Waals surface area contributed by atoms with Crippen LogP contribution >= 0.6 is 33.9 Å². The molecule has 0 aromatic carbocycles. The molecule has 0 radical (unpaired) electrons. The lowest BCUT2D eigenvalue weighted by molar-refractivity contribution is 0.625. The summed E-state index contributed by atoms with van der Waals surface area (Å²) in [6.07, 6.45) is 0. The Hall–Kier alpha value is 0.350. The van der Waals surface area contributed by atoms with Crippen molar-refractivity contribution in [3.05, 3.63) is 19.9 Å². The minimum atomic E-state index is 0.991. The van der Waals surface area contributed by atoms with Gasteiger partial charge in [0.1, 0.15) is 0 Å². The van der Waals surface area contributed by atoms with Crippen LogP contribution < -0.4 is 10.6 Å². The normalized spacial score (nSPS) is 10.6. The van der Waals surface area contributed by atoms with Gasteiger partial charge in [-0.25, -0.2) is 0 Å². The number of hydrogen-bond donors (Lipinski definition) is 2. The Balaban J connectivity index is 2.06. The maximum atomic E-state index is 3.39. The van der Waals surface area contributed by atoms with Crippen molar-refractivity contribution in [3.8, 4) is 0 Å². The molecule has 1 heterocycles. The van der Waals surface area contributed by atoms with E-state index in [1.54, 1.807) is 11.3 Å². The van der Waals surface area contributed by atoms with Gasteiger partial charge in [0.2, 0.25) is 0 Å². The van der Waals surface area contributed by atoms with Gasteiger partial charge in [0.05, 0.1) is 2.88 Å². The van der Waals surface area contributed by atoms with Gasteiger partial charge in [0.15, 0.2) is 0 Å². The lowest BCUT2D eigenvalue weighted by atomic mass is 10.3. The Morgan fingerprint density at radius 2 is 2.15 bits per heavy atom. The number of rotatable bonds is 6. The van der Waals surface area contributed by atoms with E-state index in [0.29, 0.717) is 0 Å². The number of nitrogens with one attached hydrogen (secondary N) is 2. The molecule has 0 unspecified atom stereocenters. The summed E-state index contributed by atoms with van der Waals surface area (Å²) in [5, 5.41) is 8.88. The quantitative estimate of drug-likeness (QED) is 0.621. The maximum Gasteiger partial charge on any atom is 0.0656 e. The molecule has 2 nitrogen and oxygen atoms in total. The third-order valence-electron chi connectivity index (χ3n) is 1.68. The Labute approximate surface area is 97.3 Å². The molecule has 2 N–H and O–H groups in total. The molecule has 0 bridgehead atoms. The van der Waals surface area contributed by atoms with Gasteiger partial charge in [-0.15, -0.1) is 11.3 Å². The SMILES string of the molecule is CCNCCNCc1csc(I)c1. The first-order valence-corrected chi connectivity index (χ1v) is 6.43. The summed E-state index contributed by atoms with van der Waals surface area (Å²) >= 11 is 4.16. The minimum Gasteiger partial charge on any atom is -0.316 e. The van der Waals surface area contributed by atoms with Gasteiger partial charge >= 0.3 is 0 Å². The van der Waals surface area contributed by atoms with Crippen LogP contribution in [-0.2, 0) is 6.54 Å². The van der Waals surface area contributed by atoms with E-state index in [1.807, 2.05) is 0 Å². The molecule has 1 rings (SSSR count). The van der Waals surface area contributed by atoms with Crippen molar-refractivity contribution >= 4 is 33.9 Å². The van der Waals surface area contributed by atoms with E-state index in [0.717, 1.165) is 26.2 Å². The first kappa shape index (κ1) is 11.4. The molecule has 74 valence electrons. The van der Waals surface area contributed by atoms with Crippen molar-refractivity contribution in [2.24, 2.45) is 0 Å². The number of likely N-dealkylation sites (N-methyl/N-ethyl adjacent to an activating group) is 1. The standard InChI is InChI=1S/C9H15IN2S/c1-2-11-3-4-12-6-8-5-9(10)13-7-8/h5,7,11-12H,2-4,6H2,1H3. The highest BCUT2D eigenvalue weighted by Gasteiger charge is 1.95. The lowest BCUT2D eigenvalue weighted by Gasteiger charge is -2.02. The molecule has 4 heteroatoms. The zero-order valence-electron chi connectivity index (χ0n) is 7.77. The summed E-state index contributed by atoms with van der Waals surface area (Å²) in [5.41, 5.74) is 1.39. The second-order valence-electron chi connectivity index (χ2n) is 2.79. The van der Waals surface area contributed by atoms with Crippen molar-refractivity contribution in [2.45, 2.75) is 13.5 Å². The van der Waals surface area contributed by atoms with Gasteiger partial charge in [-0.2, -0.15) is 0 Å². The van der Waals surface area contributed by atoms with Crippen LogP contribution in [-0.4, -0.2) is 19.6 Å². The molecule has 13 heavy (non-hydrogen) atoms. The Morgan fingerprint density at radius 1 is 1.38 bits per heavy atom. The average molecular weight is 310 g/mol. The molecule has 0 aliphatic carbocycles. The highest BCUT2D eigenvalue weighted by molar-refractivity contribution is 14.1. The second kappa shape index (κ2) is 6.75. The largest absolute Gasteiger partial charge is 0.316 e. The minimum absolute atomic E-state index is 0.991. The molecular formula is C9H15IN2S. The van der Waals surface area contributed by atoms with E-state index in [2.05, 4.69) is 51.6 Å². The van der Waals surface area contributed by atoms with Crippen LogP contribution in [0, 0.1) is 2.88 Å². The van der Waals surface area contributed by atoms with Crippen LogP contribution in [0.1, 0.15) is 12.5 Å². The van der Waals surface area contributed by atoms with E-state index in [4.69, 9.17) is 0 Å². The third-order valence-corrected chi connectivity index (χ3v) is 3.52. The molecule has 0 amide bonds. The van der Waals surface area contributed by atoms with Crippen LogP contribution in [0.4, 0.5) is 0 Å². The topological polar surface area (TPSA) is 24.1 Å². The zero-order valence-corrected chi connectivity index (χ0v) is 10.7. The van der Waals surface area contributed by atoms with Crippen LogP contribution in [0.3, 0.4) is 0 Å². The average Bonchev–Trinajstić information content (AvgIpc) is 2.51. The van der Waals surface area contributed by atoms with Crippen LogP contribution in [0.25, 0.3) is 0 Å². The van der Waals surface area contributed by atoms with Crippen molar-refractivity contribution < 1.29 is 0 Å². The summed E-state index contributed by atoms with van der Waals surface area (Å²) < 4.78 is 1.36. The fourth-order valence-electron chi connectivity index (χ4n) is 1.02. The Kier molecular flexibility index (Phi) is 5.93. The van der Waals surface area contributed by atoms with Gasteiger partial charge in [0, 0.05) is 19.6 Å². The van der Waals surface area contributed by atoms with Gasteiger partial charge in [-0.3, -0.25) is 0 Å². The maximum absolute atomic E-state index is 3.39. The molecule has 0 aliphatic heterocycles.